The molecular weight excluding hydrogens is 484 g/mol. The number of hydrogen-bond acceptors (Lipinski definition) is 4. The molecule has 4 nitrogen and oxygen atoms in total. The summed E-state index contributed by atoms with van der Waals surface area (Å²) in [6.45, 7) is 20.7. The minimum absolute atomic E-state index is 0.00323. The van der Waals surface area contributed by atoms with Crippen LogP contribution in [0, 0.1) is 69.0 Å². The molecule has 5 aliphatic carbocycles. The van der Waals surface area contributed by atoms with Gasteiger partial charge in [0.25, 0.3) is 0 Å². The number of fused-ring (bicyclic) bond motifs is 7. The van der Waals surface area contributed by atoms with Gasteiger partial charge in [-0.1, -0.05) is 52.7 Å². The molecule has 39 heavy (non-hydrogen) atoms. The molecule has 4 heteroatoms. The summed E-state index contributed by atoms with van der Waals surface area (Å²) >= 11 is 0. The van der Waals surface area contributed by atoms with Crippen LogP contribution in [0.15, 0.2) is 12.2 Å². The number of carbonyl (C=O) groups excluding carboxylic acids is 2. The molecule has 0 aromatic carbocycles. The highest BCUT2D eigenvalue weighted by Crippen LogP contribution is 2.77. The van der Waals surface area contributed by atoms with Gasteiger partial charge in [-0.25, -0.2) is 0 Å². The standard InChI is InChI=1S/C35H52O4/c1-10-21-38-30(37)35-18-13-24(22(2)3)29(35)25-11-12-27-32(7)16-15-28(39-23(4)36)31(5,6)26(32)14-17-34(27,9)33(25,8)19-20-35/h1,24-29H,2,11-21H2,3-9H3/t24-,25+,26-,27+,28-,29+,32-,33+,34?,35-/m0/s1. The number of rotatable bonds is 4. The van der Waals surface area contributed by atoms with Crippen molar-refractivity contribution in [2.45, 2.75) is 119 Å². The van der Waals surface area contributed by atoms with Gasteiger partial charge in [0.1, 0.15) is 6.10 Å². The Morgan fingerprint density at radius 3 is 2.23 bits per heavy atom. The van der Waals surface area contributed by atoms with E-state index < -0.39 is 5.41 Å². The first-order valence-electron chi connectivity index (χ1n) is 15.6. The van der Waals surface area contributed by atoms with Crippen molar-refractivity contribution in [2.24, 2.45) is 56.7 Å². The zero-order valence-electron chi connectivity index (χ0n) is 25.7. The zero-order valence-corrected chi connectivity index (χ0v) is 25.7. The van der Waals surface area contributed by atoms with Crippen molar-refractivity contribution >= 4 is 11.9 Å². The van der Waals surface area contributed by atoms with E-state index in [0.29, 0.717) is 29.6 Å². The van der Waals surface area contributed by atoms with Gasteiger partial charge < -0.3 is 9.47 Å². The minimum atomic E-state index is -0.418. The van der Waals surface area contributed by atoms with Crippen molar-refractivity contribution in [3.63, 3.8) is 0 Å². The Kier molecular flexibility index (Phi) is 6.92. The third-order valence-electron chi connectivity index (χ3n) is 14.0. The van der Waals surface area contributed by atoms with Crippen LogP contribution in [-0.2, 0) is 19.1 Å². The molecule has 0 spiro atoms. The molecule has 0 N–H and O–H groups in total. The van der Waals surface area contributed by atoms with Crippen LogP contribution in [0.3, 0.4) is 0 Å². The van der Waals surface area contributed by atoms with E-state index >= 15 is 0 Å². The first-order valence-corrected chi connectivity index (χ1v) is 15.6. The van der Waals surface area contributed by atoms with Gasteiger partial charge in [0.15, 0.2) is 6.61 Å². The lowest BCUT2D eigenvalue weighted by Gasteiger charge is -2.72. The van der Waals surface area contributed by atoms with Crippen molar-refractivity contribution < 1.29 is 19.1 Å². The molecule has 216 valence electrons. The molecule has 1 unspecified atom stereocenters. The molecule has 5 fully saturated rings. The van der Waals surface area contributed by atoms with Crippen LogP contribution in [0.2, 0.25) is 0 Å². The summed E-state index contributed by atoms with van der Waals surface area (Å²) in [6.07, 6.45) is 16.3. The smallest absolute Gasteiger partial charge is 0.313 e. The van der Waals surface area contributed by atoms with Gasteiger partial charge in [0.05, 0.1) is 5.41 Å². The van der Waals surface area contributed by atoms with Crippen LogP contribution in [0.25, 0.3) is 0 Å². The summed E-state index contributed by atoms with van der Waals surface area (Å²) < 4.78 is 11.6. The number of esters is 2. The highest BCUT2D eigenvalue weighted by Gasteiger charge is 2.72. The van der Waals surface area contributed by atoms with E-state index in [1.165, 1.54) is 31.3 Å². The fourth-order valence-electron chi connectivity index (χ4n) is 12.1. The Hall–Kier alpha value is -1.76. The van der Waals surface area contributed by atoms with Gasteiger partial charge in [-0.15, -0.1) is 6.42 Å². The Labute approximate surface area is 237 Å². The van der Waals surface area contributed by atoms with Crippen molar-refractivity contribution in [1.29, 1.82) is 0 Å². The molecule has 0 saturated heterocycles. The number of carbonyl (C=O) groups is 2. The SMILES string of the molecule is C#CCOC(=O)[C@]12CC[C@@H](C(=C)C)[C@@H]1[C@H]1CC[C@H]3C(C)(CC[C@H]4C(C)(C)[C@@H](OC(C)=O)CC[C@@]43C)[C@]1(C)CC2. The van der Waals surface area contributed by atoms with E-state index in [-0.39, 0.29) is 46.3 Å². The third kappa shape index (κ3) is 3.84. The van der Waals surface area contributed by atoms with Crippen molar-refractivity contribution in [3.05, 3.63) is 12.2 Å². The van der Waals surface area contributed by atoms with Gasteiger partial charge in [-0.3, -0.25) is 9.59 Å². The summed E-state index contributed by atoms with van der Waals surface area (Å²) in [6, 6.07) is 0. The summed E-state index contributed by atoms with van der Waals surface area (Å²) in [7, 11) is 0. The Balaban J connectivity index is 1.51. The van der Waals surface area contributed by atoms with Gasteiger partial charge in [0.2, 0.25) is 0 Å². The molecular formula is C35H52O4. The van der Waals surface area contributed by atoms with Gasteiger partial charge in [-0.05, 0) is 117 Å². The molecule has 0 bridgehead atoms. The fraction of sp³-hybridized carbons (Fsp3) is 0.829. The molecule has 0 aromatic rings. The van der Waals surface area contributed by atoms with E-state index in [1.54, 1.807) is 6.92 Å². The largest absolute Gasteiger partial charge is 0.462 e. The second kappa shape index (κ2) is 9.39. The molecule has 0 radical (unpaired) electrons. The predicted molar refractivity (Wildman–Crippen MR) is 154 cm³/mol. The Bertz CT molecular complexity index is 1080. The average molecular weight is 537 g/mol. The molecule has 0 heterocycles. The average Bonchev–Trinajstić information content (AvgIpc) is 3.26. The Morgan fingerprint density at radius 2 is 1.59 bits per heavy atom. The first-order chi connectivity index (χ1) is 18.2. The number of hydrogen-bond donors (Lipinski definition) is 0. The summed E-state index contributed by atoms with van der Waals surface area (Å²) in [4.78, 5) is 25.6. The topological polar surface area (TPSA) is 52.6 Å². The van der Waals surface area contributed by atoms with Crippen molar-refractivity contribution in [1.82, 2.24) is 0 Å². The third-order valence-corrected chi connectivity index (χ3v) is 14.0. The predicted octanol–water partition coefficient (Wildman–Crippen LogP) is 7.75. The lowest BCUT2D eigenvalue weighted by atomic mass is 9.32. The second-order valence-corrected chi connectivity index (χ2v) is 15.6. The van der Waals surface area contributed by atoms with Crippen LogP contribution in [0.5, 0.6) is 0 Å². The molecule has 10 atom stereocenters. The molecule has 5 saturated carbocycles. The summed E-state index contributed by atoms with van der Waals surface area (Å²) in [5, 5.41) is 0. The minimum Gasteiger partial charge on any atom is -0.462 e. The normalized spacial score (nSPS) is 47.8. The van der Waals surface area contributed by atoms with E-state index in [9.17, 15) is 9.59 Å². The Morgan fingerprint density at radius 1 is 0.872 bits per heavy atom. The summed E-state index contributed by atoms with van der Waals surface area (Å²) in [5.41, 5.74) is 1.38. The van der Waals surface area contributed by atoms with E-state index in [4.69, 9.17) is 15.9 Å². The van der Waals surface area contributed by atoms with Crippen molar-refractivity contribution in [2.75, 3.05) is 6.61 Å². The number of ether oxygens (including phenoxy) is 2. The molecule has 0 aromatic heterocycles. The van der Waals surface area contributed by atoms with Crippen molar-refractivity contribution in [3.8, 4) is 12.3 Å². The maximum atomic E-state index is 13.7. The van der Waals surface area contributed by atoms with Crippen LogP contribution in [-0.4, -0.2) is 24.6 Å². The van der Waals surface area contributed by atoms with Gasteiger partial charge in [-0.2, -0.15) is 0 Å². The van der Waals surface area contributed by atoms with E-state index in [1.807, 2.05) is 0 Å². The molecule has 0 amide bonds. The van der Waals surface area contributed by atoms with Crippen LogP contribution >= 0.6 is 0 Å². The lowest BCUT2D eigenvalue weighted by Crippen LogP contribution is -2.67. The quantitative estimate of drug-likeness (QED) is 0.209. The molecule has 0 aliphatic heterocycles. The van der Waals surface area contributed by atoms with E-state index in [2.05, 4.69) is 54.0 Å². The summed E-state index contributed by atoms with van der Waals surface area (Å²) in [5.74, 6) is 4.64. The molecule has 5 rings (SSSR count). The zero-order chi connectivity index (χ0) is 28.6. The first kappa shape index (κ1) is 28.8. The highest BCUT2D eigenvalue weighted by molar-refractivity contribution is 5.78. The highest BCUT2D eigenvalue weighted by atomic mass is 16.5. The maximum Gasteiger partial charge on any atom is 0.313 e. The van der Waals surface area contributed by atoms with Gasteiger partial charge in [0, 0.05) is 12.3 Å². The van der Waals surface area contributed by atoms with Gasteiger partial charge >= 0.3 is 11.9 Å². The van der Waals surface area contributed by atoms with Crippen LogP contribution < -0.4 is 0 Å². The fourth-order valence-corrected chi connectivity index (χ4v) is 12.1. The second-order valence-electron chi connectivity index (χ2n) is 15.6. The van der Waals surface area contributed by atoms with Crippen LogP contribution in [0.1, 0.15) is 113 Å². The maximum absolute atomic E-state index is 13.7. The van der Waals surface area contributed by atoms with Crippen LogP contribution in [0.4, 0.5) is 0 Å². The number of allylic oxidation sites excluding steroid dienone is 1. The monoisotopic (exact) mass is 536 g/mol. The van der Waals surface area contributed by atoms with E-state index in [0.717, 1.165) is 38.5 Å². The molecule has 5 aliphatic rings. The number of terminal acetylenes is 1. The lowest BCUT2D eigenvalue weighted by molar-refractivity contribution is -0.250.